The van der Waals surface area contributed by atoms with Gasteiger partial charge in [0.15, 0.2) is 0 Å². The first-order valence-corrected chi connectivity index (χ1v) is 6.91. The summed E-state index contributed by atoms with van der Waals surface area (Å²) in [6.07, 6.45) is 3.21. The van der Waals surface area contributed by atoms with Gasteiger partial charge in [-0.15, -0.1) is 0 Å². The largest absolute Gasteiger partial charge is 0.340 e. The van der Waals surface area contributed by atoms with E-state index in [2.05, 4.69) is 34.1 Å². The van der Waals surface area contributed by atoms with Gasteiger partial charge >= 0.3 is 0 Å². The van der Waals surface area contributed by atoms with Crippen molar-refractivity contribution in [3.8, 4) is 0 Å². The van der Waals surface area contributed by atoms with E-state index in [1.807, 2.05) is 6.07 Å². The van der Waals surface area contributed by atoms with E-state index in [1.165, 1.54) is 12.0 Å². The summed E-state index contributed by atoms with van der Waals surface area (Å²) in [5.41, 5.74) is 1.32. The third kappa shape index (κ3) is 2.27. The molecule has 2 saturated heterocycles. The Hall–Kier alpha value is -1.35. The monoisotopic (exact) mass is 244 g/mol. The van der Waals surface area contributed by atoms with Gasteiger partial charge in [0.05, 0.1) is 6.04 Å². The van der Waals surface area contributed by atoms with Crippen LogP contribution in [0.15, 0.2) is 30.3 Å². The second kappa shape index (κ2) is 5.11. The lowest BCUT2D eigenvalue weighted by atomic mass is 10.1. The van der Waals surface area contributed by atoms with Gasteiger partial charge < -0.3 is 4.90 Å². The summed E-state index contributed by atoms with van der Waals surface area (Å²) >= 11 is 0. The van der Waals surface area contributed by atoms with Crippen LogP contribution in [0.4, 0.5) is 0 Å². The molecule has 0 aromatic heterocycles. The fourth-order valence-corrected chi connectivity index (χ4v) is 3.07. The van der Waals surface area contributed by atoms with E-state index < -0.39 is 0 Å². The molecule has 0 radical (unpaired) electrons. The molecule has 1 atom stereocenters. The van der Waals surface area contributed by atoms with Gasteiger partial charge in [-0.2, -0.15) is 0 Å². The summed E-state index contributed by atoms with van der Waals surface area (Å²) in [5.74, 6) is 0.356. The summed E-state index contributed by atoms with van der Waals surface area (Å²) < 4.78 is 0. The summed E-state index contributed by atoms with van der Waals surface area (Å²) in [6, 6.07) is 10.6. The highest BCUT2D eigenvalue weighted by atomic mass is 16.2. The number of amides is 1. The highest BCUT2D eigenvalue weighted by molar-refractivity contribution is 5.83. The fourth-order valence-electron chi connectivity index (χ4n) is 3.07. The lowest BCUT2D eigenvalue weighted by molar-refractivity contribution is -0.140. The maximum atomic E-state index is 12.3. The molecule has 1 amide bonds. The molecular weight excluding hydrogens is 224 g/mol. The van der Waals surface area contributed by atoms with Gasteiger partial charge in [0, 0.05) is 19.6 Å². The number of fused-ring (bicyclic) bond motifs is 1. The number of hydrogen-bond donors (Lipinski definition) is 0. The molecule has 0 saturated carbocycles. The molecule has 96 valence electrons. The first-order valence-electron chi connectivity index (χ1n) is 6.91. The Morgan fingerprint density at radius 3 is 2.78 bits per heavy atom. The van der Waals surface area contributed by atoms with Crippen LogP contribution in [0, 0.1) is 0 Å². The average Bonchev–Trinajstić information content (AvgIpc) is 2.88. The average molecular weight is 244 g/mol. The Bertz CT molecular complexity index is 418. The molecule has 3 heteroatoms. The lowest BCUT2D eigenvalue weighted by Gasteiger charge is -2.36. The van der Waals surface area contributed by atoms with Gasteiger partial charge in [-0.3, -0.25) is 9.69 Å². The molecule has 18 heavy (non-hydrogen) atoms. The third-order valence-corrected chi connectivity index (χ3v) is 4.13. The van der Waals surface area contributed by atoms with Crippen LogP contribution in [0.5, 0.6) is 0 Å². The second-order valence-electron chi connectivity index (χ2n) is 5.25. The molecule has 3 nitrogen and oxygen atoms in total. The van der Waals surface area contributed by atoms with Crippen molar-refractivity contribution in [3.63, 3.8) is 0 Å². The topological polar surface area (TPSA) is 23.6 Å². The van der Waals surface area contributed by atoms with Crippen molar-refractivity contribution in [2.45, 2.75) is 25.3 Å². The number of carbonyl (C=O) groups is 1. The van der Waals surface area contributed by atoms with Crippen LogP contribution >= 0.6 is 0 Å². The maximum absolute atomic E-state index is 12.3. The molecular formula is C15H20N2O. The van der Waals surface area contributed by atoms with Crippen molar-refractivity contribution >= 4 is 5.91 Å². The molecule has 3 rings (SSSR count). The summed E-state index contributed by atoms with van der Waals surface area (Å²) in [5, 5.41) is 0. The number of benzene rings is 1. The van der Waals surface area contributed by atoms with Crippen molar-refractivity contribution in [3.05, 3.63) is 35.9 Å². The minimum absolute atomic E-state index is 0.189. The van der Waals surface area contributed by atoms with Gasteiger partial charge in [0.1, 0.15) is 0 Å². The molecule has 0 spiro atoms. The standard InChI is InChI=1S/C15H20N2O/c18-15-14-7-4-9-16(14)11-12-17(15)10-8-13-5-2-1-3-6-13/h1-3,5-6,14H,4,7-12H2. The quantitative estimate of drug-likeness (QED) is 0.805. The number of piperazine rings is 1. The third-order valence-electron chi connectivity index (χ3n) is 4.13. The molecule has 1 aromatic rings. The van der Waals surface area contributed by atoms with Gasteiger partial charge in [0.2, 0.25) is 5.91 Å². The Kier molecular flexibility index (Phi) is 3.33. The molecule has 0 N–H and O–H groups in total. The smallest absolute Gasteiger partial charge is 0.239 e. The number of hydrogen-bond acceptors (Lipinski definition) is 2. The minimum Gasteiger partial charge on any atom is -0.340 e. The van der Waals surface area contributed by atoms with E-state index in [9.17, 15) is 4.79 Å². The predicted molar refractivity (Wildman–Crippen MR) is 71.3 cm³/mol. The van der Waals surface area contributed by atoms with Crippen LogP contribution in [-0.4, -0.2) is 47.9 Å². The van der Waals surface area contributed by atoms with Gasteiger partial charge in [0.25, 0.3) is 0 Å². The first-order chi connectivity index (χ1) is 8.84. The predicted octanol–water partition coefficient (Wildman–Crippen LogP) is 1.54. The van der Waals surface area contributed by atoms with E-state index in [0.29, 0.717) is 5.91 Å². The van der Waals surface area contributed by atoms with Gasteiger partial charge in [-0.1, -0.05) is 30.3 Å². The normalized spacial score (nSPS) is 24.3. The van der Waals surface area contributed by atoms with Crippen molar-refractivity contribution in [1.82, 2.24) is 9.80 Å². The fraction of sp³-hybridized carbons (Fsp3) is 0.533. The van der Waals surface area contributed by atoms with E-state index in [1.54, 1.807) is 0 Å². The van der Waals surface area contributed by atoms with E-state index in [4.69, 9.17) is 0 Å². The Balaban J connectivity index is 1.58. The number of carbonyl (C=O) groups excluding carboxylic acids is 1. The summed E-state index contributed by atoms with van der Waals surface area (Å²) in [6.45, 7) is 3.95. The van der Waals surface area contributed by atoms with Gasteiger partial charge in [-0.05, 0) is 31.4 Å². The first kappa shape index (κ1) is 11.7. The zero-order valence-corrected chi connectivity index (χ0v) is 10.7. The zero-order chi connectivity index (χ0) is 12.4. The van der Waals surface area contributed by atoms with Gasteiger partial charge in [-0.25, -0.2) is 0 Å². The SMILES string of the molecule is O=C1C2CCCN2CCN1CCc1ccccc1. The summed E-state index contributed by atoms with van der Waals surface area (Å²) in [4.78, 5) is 16.7. The van der Waals surface area contributed by atoms with Crippen molar-refractivity contribution in [2.24, 2.45) is 0 Å². The van der Waals surface area contributed by atoms with Crippen LogP contribution in [0.25, 0.3) is 0 Å². The molecule has 2 aliphatic heterocycles. The number of nitrogens with zero attached hydrogens (tertiary/aromatic N) is 2. The number of rotatable bonds is 3. The highest BCUT2D eigenvalue weighted by Crippen LogP contribution is 2.22. The van der Waals surface area contributed by atoms with Crippen LogP contribution in [0.1, 0.15) is 18.4 Å². The molecule has 0 aliphatic carbocycles. The molecule has 0 bridgehead atoms. The lowest BCUT2D eigenvalue weighted by Crippen LogP contribution is -2.54. The van der Waals surface area contributed by atoms with E-state index >= 15 is 0 Å². The van der Waals surface area contributed by atoms with Crippen molar-refractivity contribution < 1.29 is 4.79 Å². The Labute approximate surface area is 108 Å². The van der Waals surface area contributed by atoms with E-state index in [0.717, 1.165) is 39.0 Å². The highest BCUT2D eigenvalue weighted by Gasteiger charge is 2.37. The van der Waals surface area contributed by atoms with Crippen LogP contribution in [-0.2, 0) is 11.2 Å². The van der Waals surface area contributed by atoms with Crippen molar-refractivity contribution in [2.75, 3.05) is 26.2 Å². The second-order valence-corrected chi connectivity index (χ2v) is 5.25. The molecule has 1 unspecified atom stereocenters. The molecule has 2 aliphatic rings. The van der Waals surface area contributed by atoms with E-state index in [-0.39, 0.29) is 6.04 Å². The van der Waals surface area contributed by atoms with Crippen LogP contribution in [0.2, 0.25) is 0 Å². The van der Waals surface area contributed by atoms with Crippen LogP contribution in [0.3, 0.4) is 0 Å². The molecule has 2 heterocycles. The zero-order valence-electron chi connectivity index (χ0n) is 10.7. The minimum atomic E-state index is 0.189. The molecule has 2 fully saturated rings. The van der Waals surface area contributed by atoms with Crippen LogP contribution < -0.4 is 0 Å². The summed E-state index contributed by atoms with van der Waals surface area (Å²) in [7, 11) is 0. The van der Waals surface area contributed by atoms with Crippen molar-refractivity contribution in [1.29, 1.82) is 0 Å². The Morgan fingerprint density at radius 2 is 1.94 bits per heavy atom. The Morgan fingerprint density at radius 1 is 1.11 bits per heavy atom. The molecule has 1 aromatic carbocycles. The maximum Gasteiger partial charge on any atom is 0.239 e.